The number of aromatic nitrogens is 1. The van der Waals surface area contributed by atoms with Gasteiger partial charge in [-0.15, -0.1) is 0 Å². The van der Waals surface area contributed by atoms with Crippen LogP contribution in [0.25, 0.3) is 0 Å². The largest absolute Gasteiger partial charge is 0.410 e. The zero-order chi connectivity index (χ0) is 22.1. The van der Waals surface area contributed by atoms with E-state index in [1.54, 1.807) is 0 Å². The summed E-state index contributed by atoms with van der Waals surface area (Å²) in [5.41, 5.74) is 6.35. The van der Waals surface area contributed by atoms with Gasteiger partial charge in [-0.05, 0) is 42.4 Å². The normalized spacial score (nSPS) is 27.8. The van der Waals surface area contributed by atoms with Crippen LogP contribution in [0.15, 0.2) is 18.3 Å². The highest BCUT2D eigenvalue weighted by Crippen LogP contribution is 2.30. The van der Waals surface area contributed by atoms with Gasteiger partial charge in [0.25, 0.3) is 0 Å². The Hall–Kier alpha value is -2.36. The number of urea groups is 1. The molecule has 2 aliphatic rings. The highest BCUT2D eigenvalue weighted by atomic mass is 19.4. The number of hydrogen-bond acceptors (Lipinski definition) is 4. The fourth-order valence-corrected chi connectivity index (χ4v) is 3.70. The summed E-state index contributed by atoms with van der Waals surface area (Å²) in [6.07, 6.45) is 0.544. The Morgan fingerprint density at radius 1 is 1.45 bits per heavy atom. The molecule has 0 bridgehead atoms. The second-order valence-electron chi connectivity index (χ2n) is 7.83. The summed E-state index contributed by atoms with van der Waals surface area (Å²) in [5.74, 6) is 0.461. The first-order chi connectivity index (χ1) is 14.1. The first-order valence-corrected chi connectivity index (χ1v) is 9.64. The van der Waals surface area contributed by atoms with E-state index in [1.165, 1.54) is 18.3 Å². The van der Waals surface area contributed by atoms with Crippen molar-refractivity contribution in [3.63, 3.8) is 0 Å². The van der Waals surface area contributed by atoms with Gasteiger partial charge >= 0.3 is 12.2 Å². The second kappa shape index (κ2) is 8.56. The van der Waals surface area contributed by atoms with E-state index in [2.05, 4.69) is 17.2 Å². The monoisotopic (exact) mass is 414 g/mol. The van der Waals surface area contributed by atoms with Crippen LogP contribution >= 0.6 is 0 Å². The quantitative estimate of drug-likeness (QED) is 0.690. The molecule has 3 rings (SSSR count). The molecular formula is C19H26F3N5O2. The minimum absolute atomic E-state index is 0.0842. The lowest BCUT2D eigenvalue weighted by molar-refractivity contribution is -0.149. The summed E-state index contributed by atoms with van der Waals surface area (Å²) in [6.45, 7) is 0.141. The Balaban J connectivity index is 1.64. The third-order valence-corrected chi connectivity index (χ3v) is 5.54. The lowest BCUT2D eigenvalue weighted by atomic mass is 9.79. The molecule has 2 fully saturated rings. The molecule has 1 aromatic rings. The number of hydrogen-bond donors (Lipinski definition) is 3. The molecule has 1 aromatic heterocycles. The van der Waals surface area contributed by atoms with Gasteiger partial charge in [-0.1, -0.05) is 19.8 Å². The number of carbonyl (C=O) groups excluding carboxylic acids is 2. The van der Waals surface area contributed by atoms with Crippen molar-refractivity contribution in [1.82, 2.24) is 15.2 Å². The maximum absolute atomic E-state index is 12.9. The Morgan fingerprint density at radius 3 is 2.76 bits per heavy atom. The zero-order valence-electron chi connectivity index (χ0n) is 17.1. The van der Waals surface area contributed by atoms with E-state index in [1.807, 2.05) is 5.32 Å². The maximum atomic E-state index is 12.9. The number of halogens is 3. The van der Waals surface area contributed by atoms with Crippen LogP contribution in [0.1, 0.15) is 39.5 Å². The van der Waals surface area contributed by atoms with Crippen LogP contribution in [0.3, 0.4) is 0 Å². The third-order valence-electron chi connectivity index (χ3n) is 5.54. The average molecular weight is 414 g/mol. The molecule has 0 aromatic carbocycles. The van der Waals surface area contributed by atoms with Crippen molar-refractivity contribution in [2.45, 2.75) is 57.4 Å². The molecule has 1 aliphatic heterocycles. The Kier molecular flexibility index (Phi) is 5.89. The Bertz CT molecular complexity index is 786. The number of alkyl halides is 3. The molecule has 4 N–H and O–H groups in total. The van der Waals surface area contributed by atoms with E-state index >= 15 is 0 Å². The van der Waals surface area contributed by atoms with Crippen molar-refractivity contribution in [1.29, 1.82) is 0 Å². The summed E-state index contributed by atoms with van der Waals surface area (Å²) in [4.78, 5) is 29.2. The number of amides is 3. The molecule has 0 radical (unpaired) electrons. The summed E-state index contributed by atoms with van der Waals surface area (Å²) < 4.78 is 46.8. The van der Waals surface area contributed by atoms with Crippen LogP contribution in [-0.4, -0.2) is 46.6 Å². The molecule has 7 nitrogen and oxygen atoms in total. The van der Waals surface area contributed by atoms with Gasteiger partial charge in [-0.3, -0.25) is 4.79 Å². The third kappa shape index (κ3) is 5.37. The van der Waals surface area contributed by atoms with Crippen LogP contribution in [-0.2, 0) is 11.3 Å². The zero-order valence-corrected chi connectivity index (χ0v) is 16.1. The van der Waals surface area contributed by atoms with E-state index in [9.17, 15) is 22.8 Å². The number of anilines is 1. The standard InChI is InChI=1S/C19H26F3N5O2/c1-11-2-4-13(5-3-11)16(23)17(28)26-15-8-12(6-7-24-15)9-27-10-14(19(20,21)22)25-18(27)29/h6-8,11,13-14,16H,2-5,9-10,23H2,1H3,(H,25,29)(H,24,26,28)/t11?,13?,14-,16-/m0/s1/i9D/t9?,11?,13?,14-,16-. The highest BCUT2D eigenvalue weighted by molar-refractivity contribution is 5.94. The van der Waals surface area contributed by atoms with E-state index in [4.69, 9.17) is 7.10 Å². The average Bonchev–Trinajstić information content (AvgIpc) is 3.10. The number of pyridine rings is 1. The second-order valence-corrected chi connectivity index (χ2v) is 7.83. The number of carbonyl (C=O) groups is 2. The van der Waals surface area contributed by atoms with Crippen molar-refractivity contribution in [2.75, 3.05) is 11.9 Å². The van der Waals surface area contributed by atoms with Gasteiger partial charge in [0.05, 0.1) is 14.0 Å². The first kappa shape index (κ1) is 19.9. The van der Waals surface area contributed by atoms with Crippen molar-refractivity contribution < 1.29 is 24.1 Å². The van der Waals surface area contributed by atoms with E-state index in [-0.39, 0.29) is 17.3 Å². The van der Waals surface area contributed by atoms with Gasteiger partial charge in [-0.2, -0.15) is 13.2 Å². The minimum Gasteiger partial charge on any atom is -0.324 e. The predicted octanol–water partition coefficient (Wildman–Crippen LogP) is 2.63. The van der Waals surface area contributed by atoms with Crippen molar-refractivity contribution in [3.05, 3.63) is 23.9 Å². The van der Waals surface area contributed by atoms with Crippen LogP contribution < -0.4 is 16.4 Å². The lowest BCUT2D eigenvalue weighted by Crippen LogP contribution is -2.43. The van der Waals surface area contributed by atoms with E-state index in [0.29, 0.717) is 5.92 Å². The van der Waals surface area contributed by atoms with Gasteiger partial charge in [0, 0.05) is 12.7 Å². The van der Waals surface area contributed by atoms with Crippen LogP contribution in [0, 0.1) is 11.8 Å². The van der Waals surface area contributed by atoms with Crippen molar-refractivity contribution in [2.24, 2.45) is 17.6 Å². The molecule has 29 heavy (non-hydrogen) atoms. The van der Waals surface area contributed by atoms with E-state index < -0.39 is 43.3 Å². The molecule has 0 spiro atoms. The van der Waals surface area contributed by atoms with Crippen molar-refractivity contribution >= 4 is 17.8 Å². The molecule has 1 aliphatic carbocycles. The van der Waals surface area contributed by atoms with Gasteiger partial charge in [0.15, 0.2) is 0 Å². The Labute approximate surface area is 168 Å². The molecule has 1 saturated heterocycles. The molecule has 2 heterocycles. The van der Waals surface area contributed by atoms with Crippen LogP contribution in [0.4, 0.5) is 23.8 Å². The fraction of sp³-hybridized carbons (Fsp3) is 0.632. The first-order valence-electron chi connectivity index (χ1n) is 10.2. The van der Waals surface area contributed by atoms with Gasteiger partial charge in [0.1, 0.15) is 11.9 Å². The molecule has 3 atom stereocenters. The van der Waals surface area contributed by atoms with Crippen LogP contribution in [0.2, 0.25) is 0 Å². The maximum Gasteiger partial charge on any atom is 0.410 e. The molecule has 160 valence electrons. The predicted molar refractivity (Wildman–Crippen MR) is 101 cm³/mol. The SMILES string of the molecule is [2H]C(c1ccnc(NC(=O)[C@@H](N)C2CCC(C)CC2)c1)N1C[C@@H](C(F)(F)F)NC1=O. The summed E-state index contributed by atoms with van der Waals surface area (Å²) in [7, 11) is 0. The van der Waals surface area contributed by atoms with Gasteiger partial charge in [-0.25, -0.2) is 9.78 Å². The summed E-state index contributed by atoms with van der Waals surface area (Å²) in [6, 6.07) is -0.876. The van der Waals surface area contributed by atoms with Gasteiger partial charge in [0.2, 0.25) is 5.91 Å². The lowest BCUT2D eigenvalue weighted by Gasteiger charge is -2.29. The molecule has 3 amide bonds. The molecular weight excluding hydrogens is 387 g/mol. The molecule has 1 saturated carbocycles. The van der Waals surface area contributed by atoms with Crippen LogP contribution in [0.5, 0.6) is 0 Å². The summed E-state index contributed by atoms with van der Waals surface area (Å²) >= 11 is 0. The topological polar surface area (TPSA) is 100 Å². The number of nitrogens with one attached hydrogen (secondary N) is 2. The number of rotatable bonds is 5. The minimum atomic E-state index is -4.59. The number of nitrogens with zero attached hydrogens (tertiary/aromatic N) is 2. The van der Waals surface area contributed by atoms with Crippen molar-refractivity contribution in [3.8, 4) is 0 Å². The summed E-state index contributed by atoms with van der Waals surface area (Å²) in [5, 5.41) is 4.46. The molecule has 1 unspecified atom stereocenters. The fourth-order valence-electron chi connectivity index (χ4n) is 3.70. The van der Waals surface area contributed by atoms with Gasteiger partial charge < -0.3 is 21.3 Å². The molecule has 10 heteroatoms. The Morgan fingerprint density at radius 2 is 2.14 bits per heavy atom. The smallest absolute Gasteiger partial charge is 0.324 e. The van der Waals surface area contributed by atoms with E-state index in [0.717, 1.165) is 30.6 Å². The highest BCUT2D eigenvalue weighted by Gasteiger charge is 2.46. The number of nitrogens with two attached hydrogens (primary N) is 1.